The van der Waals surface area contributed by atoms with Crippen LogP contribution in [-0.4, -0.2) is 14.8 Å². The number of halogens is 2. The summed E-state index contributed by atoms with van der Waals surface area (Å²) in [5.74, 6) is 1.51. The molecule has 2 aliphatic rings. The third-order valence-electron chi connectivity index (χ3n) is 5.93. The number of ether oxygens (including phenoxy) is 1. The van der Waals surface area contributed by atoms with Gasteiger partial charge in [-0.2, -0.15) is 10.1 Å². The van der Waals surface area contributed by atoms with Crippen LogP contribution in [0.25, 0.3) is 5.70 Å². The topological polar surface area (TPSA) is 52.0 Å². The molecule has 158 valence electrons. The maximum Gasteiger partial charge on any atom is 0.226 e. The van der Waals surface area contributed by atoms with Crippen LogP contribution in [0.5, 0.6) is 5.75 Å². The van der Waals surface area contributed by atoms with Crippen molar-refractivity contribution in [2.45, 2.75) is 19.1 Å². The smallest absolute Gasteiger partial charge is 0.226 e. The first-order valence-corrected chi connectivity index (χ1v) is 11.0. The Hall–Kier alpha value is -3.28. The average Bonchev–Trinajstić information content (AvgIpc) is 3.27. The van der Waals surface area contributed by atoms with Crippen LogP contribution >= 0.6 is 23.2 Å². The first kappa shape index (κ1) is 19.4. The van der Waals surface area contributed by atoms with Crippen molar-refractivity contribution in [2.75, 3.05) is 5.32 Å². The molecule has 0 fully saturated rings. The number of nitrogens with zero attached hydrogens (tertiary/aromatic N) is 3. The Morgan fingerprint density at radius 2 is 1.59 bits per heavy atom. The summed E-state index contributed by atoms with van der Waals surface area (Å²) in [6, 6.07) is 21.7. The molecule has 1 aromatic heterocycles. The molecule has 0 aliphatic carbocycles. The summed E-state index contributed by atoms with van der Waals surface area (Å²) in [5.41, 5.74) is 6.28. The fraction of sp³-hybridized carbons (Fsp3) is 0.120. The van der Waals surface area contributed by atoms with Crippen LogP contribution in [0.3, 0.4) is 0 Å². The van der Waals surface area contributed by atoms with E-state index in [9.17, 15) is 0 Å². The maximum atomic E-state index is 6.62. The van der Waals surface area contributed by atoms with E-state index in [1.165, 1.54) is 0 Å². The van der Waals surface area contributed by atoms with Gasteiger partial charge in [0, 0.05) is 21.2 Å². The lowest BCUT2D eigenvalue weighted by Crippen LogP contribution is -2.32. The van der Waals surface area contributed by atoms with E-state index in [1.54, 1.807) is 6.33 Å². The quantitative estimate of drug-likeness (QED) is 0.373. The monoisotopic (exact) mass is 460 g/mol. The van der Waals surface area contributed by atoms with Crippen molar-refractivity contribution in [2.24, 2.45) is 0 Å². The van der Waals surface area contributed by atoms with E-state index in [1.807, 2.05) is 59.3 Å². The van der Waals surface area contributed by atoms with E-state index in [4.69, 9.17) is 27.9 Å². The second kappa shape index (κ2) is 7.40. The zero-order chi connectivity index (χ0) is 21.8. The number of fused-ring (bicyclic) bond motifs is 3. The molecule has 0 bridgehead atoms. The van der Waals surface area contributed by atoms with Gasteiger partial charge >= 0.3 is 0 Å². The number of benzene rings is 3. The van der Waals surface area contributed by atoms with Crippen LogP contribution in [0.15, 0.2) is 78.6 Å². The molecule has 32 heavy (non-hydrogen) atoms. The zero-order valence-electron chi connectivity index (χ0n) is 17.1. The van der Waals surface area contributed by atoms with E-state index >= 15 is 0 Å². The zero-order valence-corrected chi connectivity index (χ0v) is 18.6. The van der Waals surface area contributed by atoms with Crippen molar-refractivity contribution in [3.8, 4) is 5.75 Å². The predicted molar refractivity (Wildman–Crippen MR) is 126 cm³/mol. The number of hydrogen-bond acceptors (Lipinski definition) is 4. The van der Waals surface area contributed by atoms with Crippen molar-refractivity contribution in [1.82, 2.24) is 14.8 Å². The number of hydrogen-bond donors (Lipinski definition) is 1. The van der Waals surface area contributed by atoms with Crippen molar-refractivity contribution >= 4 is 34.8 Å². The van der Waals surface area contributed by atoms with Crippen molar-refractivity contribution < 1.29 is 4.74 Å². The molecule has 4 aromatic rings. The normalized spacial score (nSPS) is 18.8. The van der Waals surface area contributed by atoms with Gasteiger partial charge in [0.1, 0.15) is 24.2 Å². The van der Waals surface area contributed by atoms with Gasteiger partial charge in [0.2, 0.25) is 5.95 Å². The molecule has 2 atom stereocenters. The van der Waals surface area contributed by atoms with Crippen molar-refractivity contribution in [1.29, 1.82) is 0 Å². The van der Waals surface area contributed by atoms with E-state index in [-0.39, 0.29) is 12.1 Å². The van der Waals surface area contributed by atoms with Crippen LogP contribution in [0.1, 0.15) is 34.4 Å². The molecular formula is C25H18Cl2N4O. The second-order valence-electron chi connectivity index (χ2n) is 7.99. The number of anilines is 1. The molecule has 0 radical (unpaired) electrons. The van der Waals surface area contributed by atoms with Gasteiger partial charge in [0.05, 0.1) is 5.70 Å². The summed E-state index contributed by atoms with van der Waals surface area (Å²) in [4.78, 5) is 4.47. The van der Waals surface area contributed by atoms with Crippen molar-refractivity contribution in [3.05, 3.63) is 111 Å². The molecular weight excluding hydrogens is 443 g/mol. The molecule has 0 spiro atoms. The summed E-state index contributed by atoms with van der Waals surface area (Å²) in [6.07, 6.45) is 1.24. The van der Waals surface area contributed by atoms with Crippen LogP contribution in [0, 0.1) is 6.92 Å². The summed E-state index contributed by atoms with van der Waals surface area (Å²) < 4.78 is 8.52. The second-order valence-corrected chi connectivity index (χ2v) is 8.86. The molecule has 3 heterocycles. The minimum Gasteiger partial charge on any atom is -0.480 e. The SMILES string of the molecule is Cc1ccc2c(c1)C1=C([C@H](c3ccc(Cl)cc3)O2)[C@H](c2ccc(Cl)cc2)n2ncnc2N1. The van der Waals surface area contributed by atoms with Gasteiger partial charge in [-0.3, -0.25) is 0 Å². The van der Waals surface area contributed by atoms with Gasteiger partial charge in [0.15, 0.2) is 0 Å². The van der Waals surface area contributed by atoms with E-state index in [0.717, 1.165) is 39.3 Å². The molecule has 0 amide bonds. The molecule has 0 saturated heterocycles. The summed E-state index contributed by atoms with van der Waals surface area (Å²) in [6.45, 7) is 2.08. The summed E-state index contributed by atoms with van der Waals surface area (Å²) in [7, 11) is 0. The van der Waals surface area contributed by atoms with Gasteiger partial charge < -0.3 is 10.1 Å². The highest BCUT2D eigenvalue weighted by Gasteiger charge is 2.40. The van der Waals surface area contributed by atoms with Crippen LogP contribution in [-0.2, 0) is 0 Å². The number of nitrogens with one attached hydrogen (secondary N) is 1. The van der Waals surface area contributed by atoms with E-state index in [0.29, 0.717) is 16.0 Å². The summed E-state index contributed by atoms with van der Waals surface area (Å²) >= 11 is 12.4. The molecule has 6 rings (SSSR count). The standard InChI is InChI=1S/C25H18Cl2N4O/c1-14-2-11-20-19(12-14)22-21(24(32-20)16-5-9-18(27)10-6-16)23(15-3-7-17(26)8-4-15)31-25(30-22)28-13-29-31/h2-13,23-24H,1H3,(H,28,29,30)/t23-,24-/m0/s1. The molecule has 1 N–H and O–H groups in total. The van der Waals surface area contributed by atoms with E-state index < -0.39 is 0 Å². The Morgan fingerprint density at radius 3 is 2.31 bits per heavy atom. The number of aromatic nitrogens is 3. The van der Waals surface area contributed by atoms with Crippen LogP contribution < -0.4 is 10.1 Å². The Balaban J connectivity index is 1.63. The Kier molecular flexibility index (Phi) is 4.49. The first-order valence-electron chi connectivity index (χ1n) is 10.3. The lowest BCUT2D eigenvalue weighted by molar-refractivity contribution is 0.223. The van der Waals surface area contributed by atoms with Gasteiger partial charge in [0.25, 0.3) is 0 Å². The fourth-order valence-corrected chi connectivity index (χ4v) is 4.71. The molecule has 0 saturated carbocycles. The van der Waals surface area contributed by atoms with Gasteiger partial charge in [-0.25, -0.2) is 4.68 Å². The van der Waals surface area contributed by atoms with Gasteiger partial charge in [-0.15, -0.1) is 0 Å². The van der Waals surface area contributed by atoms with Crippen molar-refractivity contribution in [3.63, 3.8) is 0 Å². The Bertz CT molecular complexity index is 1360. The first-order chi connectivity index (χ1) is 15.6. The van der Waals surface area contributed by atoms with Crippen LogP contribution in [0.2, 0.25) is 10.0 Å². The highest BCUT2D eigenvalue weighted by atomic mass is 35.5. The minimum atomic E-state index is -0.331. The third-order valence-corrected chi connectivity index (χ3v) is 6.43. The molecule has 5 nitrogen and oxygen atoms in total. The fourth-order valence-electron chi connectivity index (χ4n) is 4.46. The van der Waals surface area contributed by atoms with Gasteiger partial charge in [-0.1, -0.05) is 59.1 Å². The lowest BCUT2D eigenvalue weighted by Gasteiger charge is -2.39. The molecule has 7 heteroatoms. The van der Waals surface area contributed by atoms with E-state index in [2.05, 4.69) is 34.5 Å². The van der Waals surface area contributed by atoms with Crippen LogP contribution in [0.4, 0.5) is 5.95 Å². The number of aryl methyl sites for hydroxylation is 1. The maximum absolute atomic E-state index is 6.62. The Labute approximate surface area is 195 Å². The third kappa shape index (κ3) is 3.08. The summed E-state index contributed by atoms with van der Waals surface area (Å²) in [5, 5.41) is 9.43. The molecule has 2 aliphatic heterocycles. The van der Waals surface area contributed by atoms with Gasteiger partial charge in [-0.05, 0) is 54.4 Å². The highest BCUT2D eigenvalue weighted by Crippen LogP contribution is 2.50. The number of rotatable bonds is 2. The highest BCUT2D eigenvalue weighted by molar-refractivity contribution is 6.30. The predicted octanol–water partition coefficient (Wildman–Crippen LogP) is 6.45. The average molecular weight is 461 g/mol. The molecule has 0 unspecified atom stereocenters. The Morgan fingerprint density at radius 1 is 0.906 bits per heavy atom. The largest absolute Gasteiger partial charge is 0.480 e. The molecule has 3 aromatic carbocycles. The minimum absolute atomic E-state index is 0.213. The lowest BCUT2D eigenvalue weighted by atomic mass is 9.84.